The summed E-state index contributed by atoms with van der Waals surface area (Å²) in [4.78, 5) is 16.6. The number of amides is 1. The zero-order chi connectivity index (χ0) is 17.3. The lowest BCUT2D eigenvalue weighted by atomic mass is 9.87. The van der Waals surface area contributed by atoms with E-state index in [1.807, 2.05) is 30.3 Å². The summed E-state index contributed by atoms with van der Waals surface area (Å²) in [6.07, 6.45) is 1.78. The lowest BCUT2D eigenvalue weighted by Gasteiger charge is -2.18. The molecule has 3 nitrogen and oxygen atoms in total. The van der Waals surface area contributed by atoms with Gasteiger partial charge >= 0.3 is 0 Å². The molecule has 0 aliphatic carbocycles. The number of rotatable bonds is 2. The fourth-order valence-corrected chi connectivity index (χ4v) is 2.71. The van der Waals surface area contributed by atoms with Gasteiger partial charge in [0.2, 0.25) is 0 Å². The van der Waals surface area contributed by atoms with E-state index in [1.54, 1.807) is 12.1 Å². The van der Waals surface area contributed by atoms with Gasteiger partial charge in [0.15, 0.2) is 0 Å². The van der Waals surface area contributed by atoms with Gasteiger partial charge in [-0.1, -0.05) is 68.8 Å². The Labute approximate surface area is 147 Å². The molecule has 2 aromatic rings. The Hall–Kier alpha value is -2.39. The predicted octanol–water partition coefficient (Wildman–Crippen LogP) is 4.56. The van der Waals surface area contributed by atoms with Crippen LogP contribution in [-0.2, 0) is 10.2 Å². The molecule has 0 atom stereocenters. The van der Waals surface area contributed by atoms with Crippen molar-refractivity contribution in [3.05, 3.63) is 75.9 Å². The van der Waals surface area contributed by atoms with E-state index in [0.29, 0.717) is 16.6 Å². The van der Waals surface area contributed by atoms with E-state index in [0.717, 1.165) is 11.1 Å². The SMILES string of the molecule is CC(C)(C)c1ccc(/C=C2/N=C(c3ccccc3Cl)NC2=O)cc1. The van der Waals surface area contributed by atoms with Crippen LogP contribution in [0.5, 0.6) is 0 Å². The fraction of sp³-hybridized carbons (Fsp3) is 0.200. The number of amidine groups is 1. The minimum atomic E-state index is -0.218. The van der Waals surface area contributed by atoms with Crippen LogP contribution in [-0.4, -0.2) is 11.7 Å². The third kappa shape index (κ3) is 3.41. The van der Waals surface area contributed by atoms with Crippen LogP contribution in [0.1, 0.15) is 37.5 Å². The van der Waals surface area contributed by atoms with E-state index in [1.165, 1.54) is 5.56 Å². The molecule has 1 aliphatic rings. The topological polar surface area (TPSA) is 41.5 Å². The molecule has 0 bridgehead atoms. The van der Waals surface area contributed by atoms with Crippen LogP contribution < -0.4 is 5.32 Å². The Kier molecular flexibility index (Phi) is 4.29. The van der Waals surface area contributed by atoms with Gasteiger partial charge in [-0.15, -0.1) is 0 Å². The quantitative estimate of drug-likeness (QED) is 0.801. The van der Waals surface area contributed by atoms with Gasteiger partial charge in [-0.2, -0.15) is 0 Å². The summed E-state index contributed by atoms with van der Waals surface area (Å²) in [5.74, 6) is 0.271. The van der Waals surface area contributed by atoms with Crippen LogP contribution in [0.3, 0.4) is 0 Å². The van der Waals surface area contributed by atoms with Crippen molar-refractivity contribution in [2.24, 2.45) is 4.99 Å². The van der Waals surface area contributed by atoms with Crippen LogP contribution in [0.25, 0.3) is 6.08 Å². The number of aliphatic imine (C=N–C) groups is 1. The number of carbonyl (C=O) groups excluding carboxylic acids is 1. The van der Waals surface area contributed by atoms with Crippen LogP contribution in [0.15, 0.2) is 59.2 Å². The Morgan fingerprint density at radius 3 is 2.33 bits per heavy atom. The van der Waals surface area contributed by atoms with Crippen molar-refractivity contribution in [2.75, 3.05) is 0 Å². The molecule has 2 aromatic carbocycles. The normalized spacial score (nSPS) is 16.2. The second kappa shape index (κ2) is 6.25. The maximum absolute atomic E-state index is 12.2. The second-order valence-corrected chi connectivity index (χ2v) is 7.20. The summed E-state index contributed by atoms with van der Waals surface area (Å²) in [6.45, 7) is 6.52. The van der Waals surface area contributed by atoms with E-state index in [9.17, 15) is 4.79 Å². The molecule has 0 radical (unpaired) electrons. The van der Waals surface area contributed by atoms with Gasteiger partial charge in [-0.25, -0.2) is 4.99 Å². The highest BCUT2D eigenvalue weighted by molar-refractivity contribution is 6.35. The first-order valence-corrected chi connectivity index (χ1v) is 8.19. The molecule has 0 saturated carbocycles. The molecular formula is C20H19ClN2O. The average Bonchev–Trinajstić information content (AvgIpc) is 2.88. The fourth-order valence-electron chi connectivity index (χ4n) is 2.49. The van der Waals surface area contributed by atoms with Gasteiger partial charge in [0.05, 0.1) is 5.02 Å². The molecule has 1 aliphatic heterocycles. The molecule has 0 unspecified atom stereocenters. The third-order valence-corrected chi connectivity index (χ3v) is 4.24. The Morgan fingerprint density at radius 2 is 1.71 bits per heavy atom. The lowest BCUT2D eigenvalue weighted by Crippen LogP contribution is -2.24. The first-order valence-electron chi connectivity index (χ1n) is 7.82. The van der Waals surface area contributed by atoms with E-state index in [2.05, 4.69) is 43.2 Å². The molecule has 24 heavy (non-hydrogen) atoms. The molecule has 4 heteroatoms. The summed E-state index contributed by atoms with van der Waals surface area (Å²) in [5, 5.41) is 3.34. The Balaban J connectivity index is 1.90. The summed E-state index contributed by atoms with van der Waals surface area (Å²) < 4.78 is 0. The highest BCUT2D eigenvalue weighted by atomic mass is 35.5. The van der Waals surface area contributed by atoms with Gasteiger partial charge in [-0.3, -0.25) is 4.79 Å². The van der Waals surface area contributed by atoms with Gasteiger partial charge in [0, 0.05) is 5.56 Å². The van der Waals surface area contributed by atoms with Crippen molar-refractivity contribution in [1.29, 1.82) is 0 Å². The highest BCUT2D eigenvalue weighted by Gasteiger charge is 2.22. The second-order valence-electron chi connectivity index (χ2n) is 6.80. The van der Waals surface area contributed by atoms with Crippen molar-refractivity contribution in [3.63, 3.8) is 0 Å². The first kappa shape index (κ1) is 16.5. The van der Waals surface area contributed by atoms with Crippen molar-refractivity contribution in [1.82, 2.24) is 5.32 Å². The summed E-state index contributed by atoms with van der Waals surface area (Å²) in [6, 6.07) is 15.5. The first-order chi connectivity index (χ1) is 11.3. The van der Waals surface area contributed by atoms with Crippen molar-refractivity contribution >= 4 is 29.4 Å². The molecule has 0 saturated heterocycles. The lowest BCUT2D eigenvalue weighted by molar-refractivity contribution is -0.115. The zero-order valence-electron chi connectivity index (χ0n) is 13.9. The van der Waals surface area contributed by atoms with Gasteiger partial charge in [-0.05, 0) is 34.8 Å². The maximum Gasteiger partial charge on any atom is 0.275 e. The third-order valence-electron chi connectivity index (χ3n) is 3.91. The predicted molar refractivity (Wildman–Crippen MR) is 99.3 cm³/mol. The van der Waals surface area contributed by atoms with E-state index >= 15 is 0 Å². The summed E-state index contributed by atoms with van der Waals surface area (Å²) in [5.41, 5.74) is 3.40. The minimum Gasteiger partial charge on any atom is -0.305 e. The molecule has 3 rings (SSSR count). The monoisotopic (exact) mass is 338 g/mol. The van der Waals surface area contributed by atoms with Crippen molar-refractivity contribution in [2.45, 2.75) is 26.2 Å². The van der Waals surface area contributed by atoms with E-state index in [4.69, 9.17) is 11.6 Å². The Bertz CT molecular complexity index is 843. The van der Waals surface area contributed by atoms with Crippen LogP contribution >= 0.6 is 11.6 Å². The number of hydrogen-bond donors (Lipinski definition) is 1. The van der Waals surface area contributed by atoms with E-state index in [-0.39, 0.29) is 11.3 Å². The van der Waals surface area contributed by atoms with Gasteiger partial charge < -0.3 is 5.32 Å². The summed E-state index contributed by atoms with van der Waals surface area (Å²) >= 11 is 6.17. The molecular weight excluding hydrogens is 320 g/mol. The molecule has 0 aromatic heterocycles. The smallest absolute Gasteiger partial charge is 0.275 e. The average molecular weight is 339 g/mol. The molecule has 0 spiro atoms. The highest BCUT2D eigenvalue weighted by Crippen LogP contribution is 2.24. The molecule has 0 fully saturated rings. The Morgan fingerprint density at radius 1 is 1.04 bits per heavy atom. The molecule has 1 N–H and O–H groups in total. The van der Waals surface area contributed by atoms with Crippen LogP contribution in [0.4, 0.5) is 0 Å². The molecule has 122 valence electrons. The molecule has 1 heterocycles. The number of hydrogen-bond acceptors (Lipinski definition) is 2. The van der Waals surface area contributed by atoms with Gasteiger partial charge in [0.25, 0.3) is 5.91 Å². The van der Waals surface area contributed by atoms with Gasteiger partial charge in [0.1, 0.15) is 11.5 Å². The largest absolute Gasteiger partial charge is 0.305 e. The number of nitrogens with one attached hydrogen (secondary N) is 1. The summed E-state index contributed by atoms with van der Waals surface area (Å²) in [7, 11) is 0. The number of nitrogens with zero attached hydrogens (tertiary/aromatic N) is 1. The number of halogens is 1. The minimum absolute atomic E-state index is 0.103. The zero-order valence-corrected chi connectivity index (χ0v) is 14.7. The van der Waals surface area contributed by atoms with Crippen LogP contribution in [0.2, 0.25) is 5.02 Å². The number of benzene rings is 2. The van der Waals surface area contributed by atoms with Crippen molar-refractivity contribution in [3.8, 4) is 0 Å². The number of carbonyl (C=O) groups is 1. The van der Waals surface area contributed by atoms with E-state index < -0.39 is 0 Å². The van der Waals surface area contributed by atoms with Crippen molar-refractivity contribution < 1.29 is 4.79 Å². The molecule has 1 amide bonds. The van der Waals surface area contributed by atoms with Crippen LogP contribution in [0, 0.1) is 0 Å². The maximum atomic E-state index is 12.2. The standard InChI is InChI=1S/C20H19ClN2O/c1-20(2,3)14-10-8-13(9-11-14)12-17-19(24)23-18(22-17)15-6-4-5-7-16(15)21/h4-12H,1-3H3,(H,22,23,24)/b17-12+.